The molecular formula is C9H15F3N2O3. The summed E-state index contributed by atoms with van der Waals surface area (Å²) in [6, 6.07) is 0. The fourth-order valence-electron chi connectivity index (χ4n) is 1.36. The van der Waals surface area contributed by atoms with Gasteiger partial charge in [-0.2, -0.15) is 13.2 Å². The number of ether oxygens (including phenoxy) is 1. The standard InChI is InChI=1S/C9H15F3N2O3/c10-9(11,12)7(15)5-13-6-8(16)14-1-3-17-4-2-14/h7,13,15H,1-6H2. The number of nitrogens with zero attached hydrogens (tertiary/aromatic N) is 1. The van der Waals surface area contributed by atoms with Crippen molar-refractivity contribution in [2.75, 3.05) is 39.4 Å². The van der Waals surface area contributed by atoms with Crippen LogP contribution < -0.4 is 5.32 Å². The number of aliphatic hydroxyl groups excluding tert-OH is 1. The van der Waals surface area contributed by atoms with E-state index < -0.39 is 18.8 Å². The molecule has 0 aliphatic carbocycles. The minimum absolute atomic E-state index is 0.215. The molecule has 8 heteroatoms. The van der Waals surface area contributed by atoms with Crippen LogP contribution in [0.3, 0.4) is 0 Å². The first-order chi connectivity index (χ1) is 7.91. The van der Waals surface area contributed by atoms with Crippen LogP contribution in [0.1, 0.15) is 0 Å². The third-order valence-corrected chi connectivity index (χ3v) is 2.36. The second-order valence-electron chi connectivity index (χ2n) is 3.68. The summed E-state index contributed by atoms with van der Waals surface area (Å²) in [6.45, 7) is 0.880. The zero-order valence-electron chi connectivity index (χ0n) is 9.16. The molecule has 1 saturated heterocycles. The Labute approximate surface area is 96.5 Å². The number of halogens is 3. The lowest BCUT2D eigenvalue weighted by Crippen LogP contribution is -2.47. The summed E-state index contributed by atoms with van der Waals surface area (Å²) < 4.78 is 40.8. The van der Waals surface area contributed by atoms with E-state index in [9.17, 15) is 18.0 Å². The van der Waals surface area contributed by atoms with Gasteiger partial charge in [0.2, 0.25) is 5.91 Å². The van der Waals surface area contributed by atoms with Gasteiger partial charge in [-0.05, 0) is 0 Å². The average Bonchev–Trinajstić information content (AvgIpc) is 2.28. The van der Waals surface area contributed by atoms with Gasteiger partial charge >= 0.3 is 6.18 Å². The number of amides is 1. The molecule has 0 spiro atoms. The molecule has 0 bridgehead atoms. The fraction of sp³-hybridized carbons (Fsp3) is 0.889. The molecule has 1 amide bonds. The van der Waals surface area contributed by atoms with Gasteiger partial charge in [0, 0.05) is 19.6 Å². The SMILES string of the molecule is O=C(CNCC(O)C(F)(F)F)N1CCOCC1. The van der Waals surface area contributed by atoms with Crippen LogP contribution in [0.15, 0.2) is 0 Å². The number of carbonyl (C=O) groups excluding carboxylic acids is 1. The summed E-state index contributed by atoms with van der Waals surface area (Å²) in [5, 5.41) is 11.0. The van der Waals surface area contributed by atoms with Crippen molar-refractivity contribution in [2.45, 2.75) is 12.3 Å². The maximum absolute atomic E-state index is 11.9. The molecule has 1 atom stereocenters. The minimum Gasteiger partial charge on any atom is -0.382 e. The topological polar surface area (TPSA) is 61.8 Å². The molecule has 1 fully saturated rings. The molecule has 1 aliphatic rings. The Hall–Kier alpha value is -0.860. The second kappa shape index (κ2) is 6.18. The molecule has 0 aromatic heterocycles. The van der Waals surface area contributed by atoms with Crippen molar-refractivity contribution in [1.82, 2.24) is 10.2 Å². The van der Waals surface area contributed by atoms with E-state index in [0.29, 0.717) is 26.3 Å². The Morgan fingerprint density at radius 2 is 2.00 bits per heavy atom. The van der Waals surface area contributed by atoms with Crippen LogP contribution in [0.4, 0.5) is 13.2 Å². The summed E-state index contributed by atoms with van der Waals surface area (Å²) in [4.78, 5) is 13.0. The number of hydrogen-bond acceptors (Lipinski definition) is 4. The van der Waals surface area contributed by atoms with E-state index in [4.69, 9.17) is 9.84 Å². The van der Waals surface area contributed by atoms with E-state index in [1.807, 2.05) is 0 Å². The van der Waals surface area contributed by atoms with Crippen molar-refractivity contribution in [3.05, 3.63) is 0 Å². The monoisotopic (exact) mass is 256 g/mol. The lowest BCUT2D eigenvalue weighted by atomic mass is 10.3. The van der Waals surface area contributed by atoms with Gasteiger partial charge in [0.15, 0.2) is 6.10 Å². The number of nitrogens with one attached hydrogen (secondary N) is 1. The van der Waals surface area contributed by atoms with Gasteiger partial charge in [-0.3, -0.25) is 4.79 Å². The summed E-state index contributed by atoms with van der Waals surface area (Å²) in [5.41, 5.74) is 0. The first-order valence-electron chi connectivity index (χ1n) is 5.22. The van der Waals surface area contributed by atoms with Crippen molar-refractivity contribution >= 4 is 5.91 Å². The van der Waals surface area contributed by atoms with Crippen LogP contribution in [-0.4, -0.2) is 67.6 Å². The largest absolute Gasteiger partial charge is 0.415 e. The molecule has 100 valence electrons. The van der Waals surface area contributed by atoms with Crippen molar-refractivity contribution in [3.63, 3.8) is 0 Å². The molecule has 17 heavy (non-hydrogen) atoms. The zero-order chi connectivity index (χ0) is 12.9. The number of carbonyl (C=O) groups is 1. The predicted octanol–water partition coefficient (Wildman–Crippen LogP) is -0.642. The van der Waals surface area contributed by atoms with Gasteiger partial charge < -0.3 is 20.1 Å². The Morgan fingerprint density at radius 1 is 1.41 bits per heavy atom. The molecule has 0 saturated carbocycles. The van der Waals surface area contributed by atoms with Crippen molar-refractivity contribution in [2.24, 2.45) is 0 Å². The first-order valence-corrected chi connectivity index (χ1v) is 5.22. The normalized spacial score (nSPS) is 19.2. The van der Waals surface area contributed by atoms with Gasteiger partial charge in [-0.15, -0.1) is 0 Å². The van der Waals surface area contributed by atoms with E-state index in [1.54, 1.807) is 0 Å². The summed E-state index contributed by atoms with van der Waals surface area (Å²) in [7, 11) is 0. The first kappa shape index (κ1) is 14.2. The molecule has 1 unspecified atom stereocenters. The molecule has 0 aromatic rings. The Kier molecular flexibility index (Phi) is 5.16. The third-order valence-electron chi connectivity index (χ3n) is 2.36. The molecule has 1 rings (SSSR count). The molecular weight excluding hydrogens is 241 g/mol. The highest BCUT2D eigenvalue weighted by Crippen LogP contribution is 2.19. The highest BCUT2D eigenvalue weighted by atomic mass is 19.4. The van der Waals surface area contributed by atoms with Gasteiger partial charge in [0.05, 0.1) is 19.8 Å². The quantitative estimate of drug-likeness (QED) is 0.702. The van der Waals surface area contributed by atoms with Crippen LogP contribution in [0.2, 0.25) is 0 Å². The van der Waals surface area contributed by atoms with E-state index in [-0.39, 0.29) is 12.5 Å². The molecule has 1 aliphatic heterocycles. The highest BCUT2D eigenvalue weighted by molar-refractivity contribution is 5.78. The molecule has 5 nitrogen and oxygen atoms in total. The predicted molar refractivity (Wildman–Crippen MR) is 52.3 cm³/mol. The lowest BCUT2D eigenvalue weighted by molar-refractivity contribution is -0.201. The number of alkyl halides is 3. The van der Waals surface area contributed by atoms with Crippen LogP contribution >= 0.6 is 0 Å². The second-order valence-corrected chi connectivity index (χ2v) is 3.68. The maximum Gasteiger partial charge on any atom is 0.415 e. The van der Waals surface area contributed by atoms with Crippen LogP contribution in [0.25, 0.3) is 0 Å². The average molecular weight is 256 g/mol. The number of morpholine rings is 1. The van der Waals surface area contributed by atoms with Gasteiger partial charge in [0.1, 0.15) is 0 Å². The fourth-order valence-corrected chi connectivity index (χ4v) is 1.36. The number of aliphatic hydroxyl groups is 1. The number of hydrogen-bond donors (Lipinski definition) is 2. The van der Waals surface area contributed by atoms with Gasteiger partial charge in [-0.25, -0.2) is 0 Å². The third kappa shape index (κ3) is 4.88. The molecule has 1 heterocycles. The summed E-state index contributed by atoms with van der Waals surface area (Å²) >= 11 is 0. The zero-order valence-corrected chi connectivity index (χ0v) is 9.16. The van der Waals surface area contributed by atoms with Crippen LogP contribution in [0, 0.1) is 0 Å². The molecule has 0 aromatic carbocycles. The van der Waals surface area contributed by atoms with Crippen molar-refractivity contribution < 1.29 is 27.8 Å². The summed E-state index contributed by atoms with van der Waals surface area (Å²) in [5.74, 6) is -0.289. The van der Waals surface area contributed by atoms with Gasteiger partial charge in [0.25, 0.3) is 0 Å². The maximum atomic E-state index is 11.9. The Morgan fingerprint density at radius 3 is 2.53 bits per heavy atom. The van der Waals surface area contributed by atoms with Crippen molar-refractivity contribution in [3.8, 4) is 0 Å². The minimum atomic E-state index is -4.66. The number of rotatable bonds is 4. The van der Waals surface area contributed by atoms with E-state index in [0.717, 1.165) is 0 Å². The molecule has 0 radical (unpaired) electrons. The van der Waals surface area contributed by atoms with E-state index >= 15 is 0 Å². The van der Waals surface area contributed by atoms with Crippen molar-refractivity contribution in [1.29, 1.82) is 0 Å². The van der Waals surface area contributed by atoms with Crippen LogP contribution in [0.5, 0.6) is 0 Å². The Balaban J connectivity index is 2.19. The van der Waals surface area contributed by atoms with E-state index in [2.05, 4.69) is 5.32 Å². The lowest BCUT2D eigenvalue weighted by Gasteiger charge is -2.27. The smallest absolute Gasteiger partial charge is 0.382 e. The molecule has 2 N–H and O–H groups in total. The Bertz CT molecular complexity index is 254. The van der Waals surface area contributed by atoms with Crippen LogP contribution in [-0.2, 0) is 9.53 Å². The highest BCUT2D eigenvalue weighted by Gasteiger charge is 2.37. The van der Waals surface area contributed by atoms with Gasteiger partial charge in [-0.1, -0.05) is 0 Å². The summed E-state index contributed by atoms with van der Waals surface area (Å²) in [6.07, 6.45) is -7.10. The van der Waals surface area contributed by atoms with E-state index in [1.165, 1.54) is 4.90 Å².